The van der Waals surface area contributed by atoms with Gasteiger partial charge in [0.2, 0.25) is 0 Å². The number of rotatable bonds is 10. The van der Waals surface area contributed by atoms with E-state index in [0.29, 0.717) is 11.1 Å². The van der Waals surface area contributed by atoms with Crippen LogP contribution in [0.3, 0.4) is 0 Å². The number of amides is 3. The third-order valence-electron chi connectivity index (χ3n) is 4.88. The van der Waals surface area contributed by atoms with E-state index in [2.05, 4.69) is 16.0 Å². The first-order valence-corrected chi connectivity index (χ1v) is 9.71. The van der Waals surface area contributed by atoms with Crippen molar-refractivity contribution < 1.29 is 39.9 Å². The number of nitrogens with one attached hydrogen (secondary N) is 3. The molecular weight excluding hydrogens is 410 g/mol. The van der Waals surface area contributed by atoms with Crippen LogP contribution in [-0.2, 0) is 4.79 Å². The van der Waals surface area contributed by atoms with Crippen LogP contribution in [0, 0.1) is 20.8 Å². The van der Waals surface area contributed by atoms with Gasteiger partial charge in [0.15, 0.2) is 0 Å². The van der Waals surface area contributed by atoms with E-state index in [4.69, 9.17) is 0 Å². The number of hydrogen-bond donors (Lipinski definition) is 8. The first kappa shape index (κ1) is 26.5. The van der Waals surface area contributed by atoms with Crippen LogP contribution in [0.5, 0.6) is 0 Å². The number of benzene rings is 1. The van der Waals surface area contributed by atoms with Gasteiger partial charge in [-0.1, -0.05) is 0 Å². The van der Waals surface area contributed by atoms with E-state index in [9.17, 15) is 39.9 Å². The van der Waals surface area contributed by atoms with Gasteiger partial charge in [-0.3, -0.25) is 14.4 Å². The van der Waals surface area contributed by atoms with E-state index >= 15 is 0 Å². The molecule has 174 valence electrons. The lowest BCUT2D eigenvalue weighted by Gasteiger charge is -2.24. The predicted octanol–water partition coefficient (Wildman–Crippen LogP) is -1.90. The summed E-state index contributed by atoms with van der Waals surface area (Å²) in [6, 6.07) is -1.87. The Hall–Kier alpha value is -2.57. The summed E-state index contributed by atoms with van der Waals surface area (Å²) in [7, 11) is 0. The Kier molecular flexibility index (Phi) is 10.0. The molecule has 0 aliphatic rings. The van der Waals surface area contributed by atoms with E-state index in [1.165, 1.54) is 13.8 Å². The van der Waals surface area contributed by atoms with Crippen molar-refractivity contribution in [2.75, 3.05) is 31.7 Å². The minimum atomic E-state index is -1.35. The normalized spacial score (nSPS) is 12.1. The highest BCUT2D eigenvalue weighted by Gasteiger charge is 2.28. The average Bonchev–Trinajstić information content (AvgIpc) is 2.72. The lowest BCUT2D eigenvalue weighted by atomic mass is 9.89. The van der Waals surface area contributed by atoms with Crippen LogP contribution >= 0.6 is 0 Å². The van der Waals surface area contributed by atoms with Crippen molar-refractivity contribution in [3.63, 3.8) is 0 Å². The molecule has 0 aliphatic heterocycles. The first-order chi connectivity index (χ1) is 14.5. The average molecular weight is 441 g/mol. The van der Waals surface area contributed by atoms with E-state index < -0.39 is 62.3 Å². The molecule has 0 heterocycles. The lowest BCUT2D eigenvalue weighted by Crippen LogP contribution is -2.42. The summed E-state index contributed by atoms with van der Waals surface area (Å²) in [5.41, 5.74) is 1.09. The van der Waals surface area contributed by atoms with Gasteiger partial charge in [0.05, 0.1) is 38.5 Å². The topological polar surface area (TPSA) is 188 Å². The molecule has 0 spiro atoms. The van der Waals surface area contributed by atoms with Crippen molar-refractivity contribution in [2.24, 2.45) is 0 Å². The van der Waals surface area contributed by atoms with E-state index in [0.717, 1.165) is 0 Å². The molecule has 0 fully saturated rings. The van der Waals surface area contributed by atoms with Gasteiger partial charge in [-0.15, -0.1) is 0 Å². The minimum Gasteiger partial charge on any atom is -0.394 e. The molecule has 1 aromatic carbocycles. The summed E-state index contributed by atoms with van der Waals surface area (Å²) < 4.78 is 0. The zero-order valence-corrected chi connectivity index (χ0v) is 18.0. The van der Waals surface area contributed by atoms with Crippen molar-refractivity contribution in [1.29, 1.82) is 0 Å². The monoisotopic (exact) mass is 441 g/mol. The number of carbonyl (C=O) groups excluding carboxylic acids is 3. The maximum Gasteiger partial charge on any atom is 0.252 e. The Labute approximate surface area is 180 Å². The zero-order chi connectivity index (χ0) is 23.9. The lowest BCUT2D eigenvalue weighted by molar-refractivity contribution is -0.123. The van der Waals surface area contributed by atoms with Crippen LogP contribution in [0.25, 0.3) is 0 Å². The second kappa shape index (κ2) is 11.7. The summed E-state index contributed by atoms with van der Waals surface area (Å²) in [5, 5.41) is 54.0. The third kappa shape index (κ3) is 6.21. The Balaban J connectivity index is 3.66. The summed E-state index contributed by atoms with van der Waals surface area (Å²) in [5.74, 6) is -2.13. The molecule has 3 amide bonds. The molecule has 31 heavy (non-hydrogen) atoms. The molecule has 11 heteroatoms. The van der Waals surface area contributed by atoms with Crippen molar-refractivity contribution >= 4 is 23.4 Å². The molecule has 0 radical (unpaired) electrons. The molecule has 0 unspecified atom stereocenters. The Morgan fingerprint density at radius 2 is 1.10 bits per heavy atom. The van der Waals surface area contributed by atoms with Crippen LogP contribution in [0.1, 0.15) is 44.3 Å². The van der Waals surface area contributed by atoms with Crippen molar-refractivity contribution in [1.82, 2.24) is 10.6 Å². The SMILES string of the molecule is Cc1c(NC(=O)[C@H](C)O)c(C)c(C(=O)NC(CO)CO)c(C)c1C(=O)NC(CO)CO. The van der Waals surface area contributed by atoms with Crippen LogP contribution in [-0.4, -0.2) is 87.9 Å². The van der Waals surface area contributed by atoms with Crippen molar-refractivity contribution in [2.45, 2.75) is 45.9 Å². The van der Waals surface area contributed by atoms with Crippen molar-refractivity contribution in [3.05, 3.63) is 27.8 Å². The van der Waals surface area contributed by atoms with Gasteiger partial charge >= 0.3 is 0 Å². The first-order valence-electron chi connectivity index (χ1n) is 9.71. The van der Waals surface area contributed by atoms with Gasteiger partial charge in [-0.25, -0.2) is 0 Å². The largest absolute Gasteiger partial charge is 0.394 e. The van der Waals surface area contributed by atoms with E-state index in [1.54, 1.807) is 13.8 Å². The third-order valence-corrected chi connectivity index (χ3v) is 4.88. The number of aliphatic hydroxyl groups excluding tert-OH is 5. The van der Waals surface area contributed by atoms with Crippen molar-refractivity contribution in [3.8, 4) is 0 Å². The molecule has 11 nitrogen and oxygen atoms in total. The second-order valence-corrected chi connectivity index (χ2v) is 7.24. The molecule has 1 atom stereocenters. The maximum atomic E-state index is 12.9. The summed E-state index contributed by atoms with van der Waals surface area (Å²) in [6.07, 6.45) is -1.35. The molecule has 1 rings (SSSR count). The maximum absolute atomic E-state index is 12.9. The van der Waals surface area contributed by atoms with E-state index in [-0.39, 0.29) is 22.4 Å². The van der Waals surface area contributed by atoms with Gasteiger partial charge in [-0.2, -0.15) is 0 Å². The van der Waals surface area contributed by atoms with Crippen LogP contribution in [0.4, 0.5) is 5.69 Å². The molecule has 0 aromatic heterocycles. The molecule has 0 saturated heterocycles. The van der Waals surface area contributed by atoms with Gasteiger partial charge < -0.3 is 41.5 Å². The Bertz CT molecular complexity index is 764. The standard InChI is InChI=1S/C20H31N3O8/c1-9-15(19(30)21-13(5-24)6-25)10(2)17(23-18(29)12(4)28)11(3)16(9)20(31)22-14(7-26)8-27/h12-14,24-28H,5-8H2,1-4H3,(H,21,30)(H,22,31)(H,23,29)/t12-/m0/s1. The number of carbonyl (C=O) groups is 3. The number of hydrogen-bond acceptors (Lipinski definition) is 8. The molecule has 1 aromatic rings. The minimum absolute atomic E-state index is 0.0353. The van der Waals surface area contributed by atoms with Gasteiger partial charge in [0, 0.05) is 16.8 Å². The highest BCUT2D eigenvalue weighted by atomic mass is 16.3. The fraction of sp³-hybridized carbons (Fsp3) is 0.550. The van der Waals surface area contributed by atoms with Gasteiger partial charge in [0.1, 0.15) is 6.10 Å². The molecule has 0 saturated carbocycles. The zero-order valence-electron chi connectivity index (χ0n) is 18.0. The van der Waals surface area contributed by atoms with Crippen LogP contribution < -0.4 is 16.0 Å². The fourth-order valence-electron chi connectivity index (χ4n) is 3.13. The van der Waals surface area contributed by atoms with Gasteiger partial charge in [0.25, 0.3) is 17.7 Å². The van der Waals surface area contributed by atoms with Gasteiger partial charge in [-0.05, 0) is 44.4 Å². The number of anilines is 1. The smallest absolute Gasteiger partial charge is 0.252 e. The summed E-state index contributed by atoms with van der Waals surface area (Å²) in [6.45, 7) is 3.82. The Morgan fingerprint density at radius 1 is 0.742 bits per heavy atom. The fourth-order valence-corrected chi connectivity index (χ4v) is 3.13. The molecular formula is C20H31N3O8. The molecule has 0 bridgehead atoms. The molecule has 8 N–H and O–H groups in total. The highest BCUT2D eigenvalue weighted by Crippen LogP contribution is 2.32. The summed E-state index contributed by atoms with van der Waals surface area (Å²) in [4.78, 5) is 37.9. The van der Waals surface area contributed by atoms with Crippen LogP contribution in [0.15, 0.2) is 0 Å². The van der Waals surface area contributed by atoms with E-state index in [1.807, 2.05) is 0 Å². The quantitative estimate of drug-likeness (QED) is 0.206. The number of aliphatic hydroxyl groups is 5. The van der Waals surface area contributed by atoms with Crippen LogP contribution in [0.2, 0.25) is 0 Å². The Morgan fingerprint density at radius 3 is 1.39 bits per heavy atom. The predicted molar refractivity (Wildman–Crippen MR) is 112 cm³/mol. The second-order valence-electron chi connectivity index (χ2n) is 7.24. The summed E-state index contributed by atoms with van der Waals surface area (Å²) >= 11 is 0. The molecule has 0 aliphatic carbocycles. The highest BCUT2D eigenvalue weighted by molar-refractivity contribution is 6.08.